The van der Waals surface area contributed by atoms with Gasteiger partial charge in [-0.05, 0) is 26.3 Å². The van der Waals surface area contributed by atoms with Gasteiger partial charge in [-0.1, -0.05) is 0 Å². The van der Waals surface area contributed by atoms with Gasteiger partial charge in [0.15, 0.2) is 0 Å². The average Bonchev–Trinajstić information content (AvgIpc) is 2.47. The second-order valence-electron chi connectivity index (χ2n) is 4.44. The minimum absolute atomic E-state index is 0.169. The third kappa shape index (κ3) is 4.60. The number of aryl methyl sites for hydroxylation is 1. The fourth-order valence-corrected chi connectivity index (χ4v) is 0.995. The lowest BCUT2D eigenvalue weighted by molar-refractivity contribution is -0.144. The Morgan fingerprint density at radius 2 is 2.27 bits per heavy atom. The number of rotatable bonds is 3. The molecule has 1 aromatic rings. The molecule has 1 N–H and O–H groups in total. The van der Waals surface area contributed by atoms with Gasteiger partial charge < -0.3 is 0 Å². The van der Waals surface area contributed by atoms with Gasteiger partial charge >= 0.3 is 0 Å². The van der Waals surface area contributed by atoms with Crippen LogP contribution in [0, 0.1) is 0 Å². The molecule has 0 aliphatic heterocycles. The maximum atomic E-state index is 11.4. The molecule has 0 aliphatic rings. The summed E-state index contributed by atoms with van der Waals surface area (Å²) in [6.07, 6.45) is 3.75. The molecule has 1 amide bonds. The second-order valence-corrected chi connectivity index (χ2v) is 4.44. The SMILES string of the molecule is Cn1cc(CC(=O)NOC(C)(C)C)cn1. The number of aromatic nitrogens is 2. The molecule has 1 aromatic heterocycles. The first-order valence-corrected chi connectivity index (χ1v) is 4.81. The fraction of sp³-hybridized carbons (Fsp3) is 0.600. The number of nitrogens with zero attached hydrogens (tertiary/aromatic N) is 2. The van der Waals surface area contributed by atoms with Crippen molar-refractivity contribution in [2.24, 2.45) is 7.05 Å². The van der Waals surface area contributed by atoms with Crippen molar-refractivity contribution >= 4 is 5.91 Å². The second kappa shape index (κ2) is 4.44. The van der Waals surface area contributed by atoms with Crippen molar-refractivity contribution in [3.63, 3.8) is 0 Å². The minimum Gasteiger partial charge on any atom is -0.276 e. The first-order valence-electron chi connectivity index (χ1n) is 4.81. The maximum Gasteiger partial charge on any atom is 0.248 e. The highest BCUT2D eigenvalue weighted by atomic mass is 16.7. The van der Waals surface area contributed by atoms with E-state index in [2.05, 4.69) is 10.6 Å². The molecule has 15 heavy (non-hydrogen) atoms. The summed E-state index contributed by atoms with van der Waals surface area (Å²) in [5, 5.41) is 3.97. The zero-order valence-corrected chi connectivity index (χ0v) is 9.57. The van der Waals surface area contributed by atoms with Crippen molar-refractivity contribution in [1.29, 1.82) is 0 Å². The van der Waals surface area contributed by atoms with Crippen LogP contribution >= 0.6 is 0 Å². The molecule has 0 spiro atoms. The Balaban J connectivity index is 2.37. The van der Waals surface area contributed by atoms with Crippen LogP contribution in [0.25, 0.3) is 0 Å². The molecule has 0 unspecified atom stereocenters. The van der Waals surface area contributed by atoms with Crippen molar-refractivity contribution in [2.45, 2.75) is 32.8 Å². The summed E-state index contributed by atoms with van der Waals surface area (Å²) in [6.45, 7) is 5.62. The first kappa shape index (κ1) is 11.7. The van der Waals surface area contributed by atoms with E-state index < -0.39 is 0 Å². The number of carbonyl (C=O) groups is 1. The van der Waals surface area contributed by atoms with E-state index in [-0.39, 0.29) is 17.9 Å². The number of carbonyl (C=O) groups excluding carboxylic acids is 1. The van der Waals surface area contributed by atoms with Crippen molar-refractivity contribution in [3.05, 3.63) is 18.0 Å². The molecule has 0 bridgehead atoms. The summed E-state index contributed by atoms with van der Waals surface area (Å²) < 4.78 is 1.66. The van der Waals surface area contributed by atoms with Crippen molar-refractivity contribution in [3.8, 4) is 0 Å². The van der Waals surface area contributed by atoms with Crippen LogP contribution < -0.4 is 5.48 Å². The van der Waals surface area contributed by atoms with E-state index in [1.165, 1.54) is 0 Å². The van der Waals surface area contributed by atoms with Gasteiger partial charge in [-0.2, -0.15) is 5.10 Å². The van der Waals surface area contributed by atoms with E-state index in [4.69, 9.17) is 4.84 Å². The molecule has 0 fully saturated rings. The lowest BCUT2D eigenvalue weighted by Gasteiger charge is -2.18. The van der Waals surface area contributed by atoms with E-state index >= 15 is 0 Å². The van der Waals surface area contributed by atoms with Gasteiger partial charge in [0.2, 0.25) is 5.91 Å². The topological polar surface area (TPSA) is 56.2 Å². The Morgan fingerprint density at radius 1 is 1.60 bits per heavy atom. The molecule has 0 atom stereocenters. The maximum absolute atomic E-state index is 11.4. The number of hydroxylamine groups is 1. The summed E-state index contributed by atoms with van der Waals surface area (Å²) in [4.78, 5) is 16.5. The first-order chi connectivity index (χ1) is 6.87. The van der Waals surface area contributed by atoms with Crippen molar-refractivity contribution in [2.75, 3.05) is 0 Å². The Bertz CT molecular complexity index is 339. The van der Waals surface area contributed by atoms with Crippen LogP contribution in [0.2, 0.25) is 0 Å². The molecule has 5 heteroatoms. The Hall–Kier alpha value is -1.36. The van der Waals surface area contributed by atoms with E-state index in [9.17, 15) is 4.79 Å². The summed E-state index contributed by atoms with van der Waals surface area (Å²) in [6, 6.07) is 0. The van der Waals surface area contributed by atoms with Crippen LogP contribution in [0.5, 0.6) is 0 Å². The van der Waals surface area contributed by atoms with Gasteiger partial charge in [-0.15, -0.1) is 0 Å². The minimum atomic E-state index is -0.370. The predicted octanol–water partition coefficient (Wildman–Crippen LogP) is 0.809. The van der Waals surface area contributed by atoms with Gasteiger partial charge in [0, 0.05) is 13.2 Å². The molecule has 1 rings (SSSR count). The summed E-state index contributed by atoms with van der Waals surface area (Å²) in [7, 11) is 1.81. The van der Waals surface area contributed by atoms with Gasteiger partial charge in [-0.3, -0.25) is 14.3 Å². The molecule has 0 radical (unpaired) electrons. The lowest BCUT2D eigenvalue weighted by Crippen LogP contribution is -2.34. The van der Waals surface area contributed by atoms with Crippen molar-refractivity contribution < 1.29 is 9.63 Å². The molecule has 0 saturated heterocycles. The van der Waals surface area contributed by atoms with Gasteiger partial charge in [0.05, 0.1) is 18.2 Å². The number of hydrogen-bond donors (Lipinski definition) is 1. The third-order valence-corrected chi connectivity index (χ3v) is 1.59. The van der Waals surface area contributed by atoms with Crippen molar-refractivity contribution in [1.82, 2.24) is 15.3 Å². The quantitative estimate of drug-likeness (QED) is 0.753. The van der Waals surface area contributed by atoms with Crippen LogP contribution in [0.3, 0.4) is 0 Å². The number of hydrogen-bond acceptors (Lipinski definition) is 3. The third-order valence-electron chi connectivity index (χ3n) is 1.59. The van der Waals surface area contributed by atoms with Crippen LogP contribution in [-0.2, 0) is 23.1 Å². The normalized spacial score (nSPS) is 11.5. The van der Waals surface area contributed by atoms with Crippen LogP contribution in [0.15, 0.2) is 12.4 Å². The van der Waals surface area contributed by atoms with Crippen LogP contribution in [0.4, 0.5) is 0 Å². The highest BCUT2D eigenvalue weighted by Crippen LogP contribution is 2.04. The molecule has 0 aromatic carbocycles. The van der Waals surface area contributed by atoms with Gasteiger partial charge in [-0.25, -0.2) is 5.48 Å². The monoisotopic (exact) mass is 211 g/mol. The molecule has 5 nitrogen and oxygen atoms in total. The van der Waals surface area contributed by atoms with E-state index in [0.717, 1.165) is 5.56 Å². The van der Waals surface area contributed by atoms with E-state index in [0.29, 0.717) is 0 Å². The predicted molar refractivity (Wildman–Crippen MR) is 55.9 cm³/mol. The Labute approximate surface area is 89.4 Å². The highest BCUT2D eigenvalue weighted by Gasteiger charge is 2.13. The Kier molecular flexibility index (Phi) is 3.47. The molecular formula is C10H17N3O2. The standard InChI is InChI=1S/C10H17N3O2/c1-10(2,3)15-12-9(14)5-8-6-11-13(4)7-8/h6-7H,5H2,1-4H3,(H,12,14). The summed E-state index contributed by atoms with van der Waals surface area (Å²) in [5.74, 6) is -0.169. The lowest BCUT2D eigenvalue weighted by atomic mass is 10.2. The molecule has 84 valence electrons. The summed E-state index contributed by atoms with van der Waals surface area (Å²) >= 11 is 0. The highest BCUT2D eigenvalue weighted by molar-refractivity contribution is 5.77. The van der Waals surface area contributed by atoms with Crippen LogP contribution in [0.1, 0.15) is 26.3 Å². The summed E-state index contributed by atoms with van der Waals surface area (Å²) in [5.41, 5.74) is 2.90. The van der Waals surface area contributed by atoms with Crippen LogP contribution in [-0.4, -0.2) is 21.3 Å². The number of nitrogens with one attached hydrogen (secondary N) is 1. The Morgan fingerprint density at radius 3 is 2.73 bits per heavy atom. The fourth-order valence-electron chi connectivity index (χ4n) is 0.995. The molecule has 1 heterocycles. The number of amides is 1. The van der Waals surface area contributed by atoms with E-state index in [1.807, 2.05) is 27.8 Å². The van der Waals surface area contributed by atoms with Gasteiger partial charge in [0.1, 0.15) is 0 Å². The van der Waals surface area contributed by atoms with Gasteiger partial charge in [0.25, 0.3) is 0 Å². The smallest absolute Gasteiger partial charge is 0.248 e. The zero-order valence-electron chi connectivity index (χ0n) is 9.57. The average molecular weight is 211 g/mol. The largest absolute Gasteiger partial charge is 0.276 e. The molecular weight excluding hydrogens is 194 g/mol. The van der Waals surface area contributed by atoms with E-state index in [1.54, 1.807) is 17.1 Å². The zero-order chi connectivity index (χ0) is 11.5. The molecule has 0 saturated carbocycles. The molecule has 0 aliphatic carbocycles.